The summed E-state index contributed by atoms with van der Waals surface area (Å²) in [6.07, 6.45) is 0. The molecule has 3 unspecified atom stereocenters. The van der Waals surface area contributed by atoms with Crippen LogP contribution in [0.15, 0.2) is 24.3 Å². The second kappa shape index (κ2) is 6.74. The number of benzene rings is 1. The molecule has 1 aromatic rings. The van der Waals surface area contributed by atoms with E-state index in [1.54, 1.807) is 7.11 Å². The molecule has 6 heteroatoms. The lowest BCUT2D eigenvalue weighted by Gasteiger charge is -2.50. The third kappa shape index (κ3) is 3.00. The van der Waals surface area contributed by atoms with E-state index in [0.29, 0.717) is 11.7 Å². The van der Waals surface area contributed by atoms with Crippen molar-refractivity contribution in [3.63, 3.8) is 0 Å². The van der Waals surface area contributed by atoms with E-state index in [-0.39, 0.29) is 18.1 Å². The van der Waals surface area contributed by atoms with Crippen LogP contribution < -0.4 is 10.1 Å². The second-order valence-electron chi connectivity index (χ2n) is 5.96. The number of hydrogen-bond acceptors (Lipinski definition) is 4. The molecule has 1 N–H and O–H groups in total. The summed E-state index contributed by atoms with van der Waals surface area (Å²) < 4.78 is 10.6. The van der Waals surface area contributed by atoms with Crippen LogP contribution in [-0.4, -0.2) is 42.8 Å². The zero-order chi connectivity index (χ0) is 17.2. The Morgan fingerprint density at radius 3 is 2.52 bits per heavy atom. The monoisotopic (exact) mass is 336 g/mol. The minimum Gasteiger partial charge on any atom is -0.497 e. The van der Waals surface area contributed by atoms with Crippen molar-refractivity contribution in [3.05, 3.63) is 29.8 Å². The molecule has 1 aliphatic rings. The van der Waals surface area contributed by atoms with Crippen LogP contribution in [0.4, 0.5) is 0 Å². The third-order valence-corrected chi connectivity index (χ3v) is 5.07. The average molecular weight is 336 g/mol. The van der Waals surface area contributed by atoms with Gasteiger partial charge in [0.25, 0.3) is 0 Å². The summed E-state index contributed by atoms with van der Waals surface area (Å²) in [7, 11) is 3.53. The first-order valence-corrected chi connectivity index (χ1v) is 8.11. The van der Waals surface area contributed by atoms with Crippen molar-refractivity contribution in [2.45, 2.75) is 32.9 Å². The maximum absolute atomic E-state index is 12.7. The van der Waals surface area contributed by atoms with Gasteiger partial charge in [0.05, 0.1) is 19.8 Å². The predicted molar refractivity (Wildman–Crippen MR) is 93.4 cm³/mol. The standard InChI is InChI=1S/C17H24N2O3S/c1-6-22-15(20)17(3)11(2)18-16(23)19(4)14(17)12-7-9-13(21-5)10-8-12/h7-11,14H,6H2,1-5H3,(H,18,23). The molecule has 2 rings (SSSR count). The second-order valence-corrected chi connectivity index (χ2v) is 6.35. The first-order valence-electron chi connectivity index (χ1n) is 7.70. The van der Waals surface area contributed by atoms with Crippen molar-refractivity contribution < 1.29 is 14.3 Å². The molecule has 1 aromatic carbocycles. The third-order valence-electron chi connectivity index (χ3n) is 4.66. The lowest BCUT2D eigenvalue weighted by atomic mass is 9.71. The van der Waals surface area contributed by atoms with E-state index in [1.807, 2.05) is 57.0 Å². The molecule has 126 valence electrons. The van der Waals surface area contributed by atoms with Crippen LogP contribution in [0.2, 0.25) is 0 Å². The molecule has 1 heterocycles. The highest BCUT2D eigenvalue weighted by Crippen LogP contribution is 2.44. The number of methoxy groups -OCH3 is 1. The Morgan fingerprint density at radius 1 is 1.39 bits per heavy atom. The Kier molecular flexibility index (Phi) is 5.14. The summed E-state index contributed by atoms with van der Waals surface area (Å²) in [6.45, 7) is 6.06. The van der Waals surface area contributed by atoms with Crippen molar-refractivity contribution >= 4 is 23.3 Å². The van der Waals surface area contributed by atoms with E-state index >= 15 is 0 Å². The lowest BCUT2D eigenvalue weighted by molar-refractivity contribution is -0.161. The fourth-order valence-corrected chi connectivity index (χ4v) is 3.41. The van der Waals surface area contributed by atoms with Gasteiger partial charge in [0, 0.05) is 13.1 Å². The molecule has 0 bridgehead atoms. The number of hydrogen-bond donors (Lipinski definition) is 1. The fourth-order valence-electron chi connectivity index (χ4n) is 3.12. The van der Waals surface area contributed by atoms with E-state index in [1.165, 1.54) is 0 Å². The van der Waals surface area contributed by atoms with Gasteiger partial charge >= 0.3 is 5.97 Å². The van der Waals surface area contributed by atoms with Crippen molar-refractivity contribution in [2.24, 2.45) is 5.41 Å². The predicted octanol–water partition coefficient (Wildman–Crippen LogP) is 2.51. The van der Waals surface area contributed by atoms with Crippen molar-refractivity contribution in [1.82, 2.24) is 10.2 Å². The Labute approximate surface area is 142 Å². The van der Waals surface area contributed by atoms with Crippen LogP contribution in [-0.2, 0) is 9.53 Å². The van der Waals surface area contributed by atoms with Gasteiger partial charge in [-0.05, 0) is 50.7 Å². The topological polar surface area (TPSA) is 50.8 Å². The molecule has 0 saturated carbocycles. The summed E-state index contributed by atoms with van der Waals surface area (Å²) in [4.78, 5) is 14.7. The van der Waals surface area contributed by atoms with E-state index in [9.17, 15) is 4.79 Å². The Morgan fingerprint density at radius 2 is 2.00 bits per heavy atom. The lowest BCUT2D eigenvalue weighted by Crippen LogP contribution is -2.63. The maximum Gasteiger partial charge on any atom is 0.316 e. The normalized spacial score (nSPS) is 27.3. The van der Waals surface area contributed by atoms with Gasteiger partial charge in [-0.3, -0.25) is 4.79 Å². The number of nitrogens with one attached hydrogen (secondary N) is 1. The molecule has 1 saturated heterocycles. The van der Waals surface area contributed by atoms with Gasteiger partial charge in [0.2, 0.25) is 0 Å². The molecule has 1 fully saturated rings. The number of esters is 1. The molecule has 1 aliphatic heterocycles. The quantitative estimate of drug-likeness (QED) is 0.673. The van der Waals surface area contributed by atoms with Crippen LogP contribution in [0.3, 0.4) is 0 Å². The zero-order valence-electron chi connectivity index (χ0n) is 14.3. The first kappa shape index (κ1) is 17.5. The summed E-state index contributed by atoms with van der Waals surface area (Å²) in [5.41, 5.74) is 0.237. The first-order chi connectivity index (χ1) is 10.9. The van der Waals surface area contributed by atoms with Crippen LogP contribution in [0.5, 0.6) is 5.75 Å². The highest BCUT2D eigenvalue weighted by molar-refractivity contribution is 7.80. The Hall–Kier alpha value is -1.82. The molecule has 0 radical (unpaired) electrons. The smallest absolute Gasteiger partial charge is 0.316 e. The average Bonchev–Trinajstić information content (AvgIpc) is 2.54. The van der Waals surface area contributed by atoms with Crippen LogP contribution in [0, 0.1) is 5.41 Å². The van der Waals surface area contributed by atoms with Crippen molar-refractivity contribution in [3.8, 4) is 5.75 Å². The van der Waals surface area contributed by atoms with Crippen molar-refractivity contribution in [2.75, 3.05) is 20.8 Å². The number of rotatable bonds is 4. The van der Waals surface area contributed by atoms with Crippen LogP contribution in [0.25, 0.3) is 0 Å². The van der Waals surface area contributed by atoms with E-state index < -0.39 is 5.41 Å². The molecular formula is C17H24N2O3S. The highest BCUT2D eigenvalue weighted by Gasteiger charge is 2.53. The van der Waals surface area contributed by atoms with Gasteiger partial charge in [-0.1, -0.05) is 12.1 Å². The van der Waals surface area contributed by atoms with Gasteiger partial charge in [-0.2, -0.15) is 0 Å². The molecule has 5 nitrogen and oxygen atoms in total. The highest BCUT2D eigenvalue weighted by atomic mass is 32.1. The molecule has 23 heavy (non-hydrogen) atoms. The van der Waals surface area contributed by atoms with E-state index in [2.05, 4.69) is 5.32 Å². The van der Waals surface area contributed by atoms with Crippen LogP contribution in [0.1, 0.15) is 32.4 Å². The molecule has 3 atom stereocenters. The fraction of sp³-hybridized carbons (Fsp3) is 0.529. The molecule has 0 spiro atoms. The van der Waals surface area contributed by atoms with Crippen molar-refractivity contribution in [1.29, 1.82) is 0 Å². The Bertz CT molecular complexity index is 590. The zero-order valence-corrected chi connectivity index (χ0v) is 15.1. The minimum absolute atomic E-state index is 0.141. The van der Waals surface area contributed by atoms with E-state index in [4.69, 9.17) is 21.7 Å². The number of nitrogens with zero attached hydrogens (tertiary/aromatic N) is 1. The van der Waals surface area contributed by atoms with Gasteiger partial charge < -0.3 is 19.7 Å². The van der Waals surface area contributed by atoms with Gasteiger partial charge in [-0.25, -0.2) is 0 Å². The number of thiocarbonyl (C=S) groups is 1. The van der Waals surface area contributed by atoms with E-state index in [0.717, 1.165) is 11.3 Å². The molecule has 0 amide bonds. The summed E-state index contributed by atoms with van der Waals surface area (Å²) >= 11 is 5.42. The van der Waals surface area contributed by atoms with Crippen LogP contribution >= 0.6 is 12.2 Å². The number of carbonyl (C=O) groups excluding carboxylic acids is 1. The Balaban J connectivity index is 2.50. The summed E-state index contributed by atoms with van der Waals surface area (Å²) in [5, 5.41) is 3.84. The maximum atomic E-state index is 12.7. The molecular weight excluding hydrogens is 312 g/mol. The molecule has 0 aliphatic carbocycles. The summed E-state index contributed by atoms with van der Waals surface area (Å²) in [6, 6.07) is 7.37. The SMILES string of the molecule is CCOC(=O)C1(C)C(C)NC(=S)N(C)C1c1ccc(OC)cc1. The largest absolute Gasteiger partial charge is 0.497 e. The van der Waals surface area contributed by atoms with Gasteiger partial charge in [-0.15, -0.1) is 0 Å². The molecule has 0 aromatic heterocycles. The summed E-state index contributed by atoms with van der Waals surface area (Å²) in [5.74, 6) is 0.550. The van der Waals surface area contributed by atoms with Gasteiger partial charge in [0.15, 0.2) is 5.11 Å². The number of ether oxygens (including phenoxy) is 2. The number of carbonyl (C=O) groups is 1. The van der Waals surface area contributed by atoms with Gasteiger partial charge in [0.1, 0.15) is 11.2 Å². The minimum atomic E-state index is -0.762.